The molecule has 1 fully saturated rings. The minimum Gasteiger partial charge on any atom is -0.497 e. The molecular weight excluding hydrogens is 494 g/mol. The van der Waals surface area contributed by atoms with Crippen LogP contribution < -0.4 is 24.3 Å². The summed E-state index contributed by atoms with van der Waals surface area (Å²) in [6, 6.07) is 15.6. The molecule has 39 heavy (non-hydrogen) atoms. The highest BCUT2D eigenvalue weighted by atomic mass is 16.5. The number of hydrogen-bond acceptors (Lipinski definition) is 7. The van der Waals surface area contributed by atoms with E-state index in [4.69, 9.17) is 23.9 Å². The van der Waals surface area contributed by atoms with Gasteiger partial charge in [-0.1, -0.05) is 12.1 Å². The number of hydrogen-bond donors (Lipinski definition) is 1. The summed E-state index contributed by atoms with van der Waals surface area (Å²) in [5.41, 5.74) is 4.71. The predicted molar refractivity (Wildman–Crippen MR) is 151 cm³/mol. The molecule has 0 atom stereocenters. The minimum atomic E-state index is -0.0802. The van der Waals surface area contributed by atoms with E-state index in [-0.39, 0.29) is 11.8 Å². The second-order valence-corrected chi connectivity index (χ2v) is 9.81. The molecule has 1 aliphatic rings. The molecule has 2 aromatic carbocycles. The van der Waals surface area contributed by atoms with Crippen LogP contribution in [-0.4, -0.2) is 63.9 Å². The van der Waals surface area contributed by atoms with Crippen LogP contribution in [0.1, 0.15) is 51.6 Å². The number of amides is 1. The Balaban J connectivity index is 1.37. The molecule has 8 nitrogen and oxygen atoms in total. The van der Waals surface area contributed by atoms with Gasteiger partial charge in [-0.05, 0) is 75.2 Å². The molecule has 2 heterocycles. The number of carbonyl (C=O) groups excluding carboxylic acids is 1. The summed E-state index contributed by atoms with van der Waals surface area (Å²) in [7, 11) is 6.59. The van der Waals surface area contributed by atoms with Crippen LogP contribution in [0.25, 0.3) is 0 Å². The number of nitrogens with one attached hydrogen (secondary N) is 1. The van der Waals surface area contributed by atoms with Gasteiger partial charge in [-0.15, -0.1) is 0 Å². The molecule has 1 N–H and O–H groups in total. The number of aryl methyl sites for hydroxylation is 1. The number of pyridine rings is 1. The van der Waals surface area contributed by atoms with Gasteiger partial charge in [0.05, 0.1) is 39.7 Å². The highest BCUT2D eigenvalue weighted by molar-refractivity contribution is 5.95. The fourth-order valence-corrected chi connectivity index (χ4v) is 5.12. The second kappa shape index (κ2) is 13.3. The molecule has 0 saturated carbocycles. The Morgan fingerprint density at radius 2 is 1.64 bits per heavy atom. The topological polar surface area (TPSA) is 82.2 Å². The third-order valence-electron chi connectivity index (χ3n) is 7.32. The molecular formula is C31H39N3O5. The number of piperidine rings is 1. The van der Waals surface area contributed by atoms with E-state index in [9.17, 15) is 4.79 Å². The molecule has 1 aliphatic heterocycles. The van der Waals surface area contributed by atoms with Crippen LogP contribution in [0.3, 0.4) is 0 Å². The van der Waals surface area contributed by atoms with Gasteiger partial charge in [-0.25, -0.2) is 0 Å². The van der Waals surface area contributed by atoms with E-state index >= 15 is 0 Å². The van der Waals surface area contributed by atoms with E-state index < -0.39 is 0 Å². The van der Waals surface area contributed by atoms with Gasteiger partial charge in [0.25, 0.3) is 5.91 Å². The average Bonchev–Trinajstić information content (AvgIpc) is 2.97. The molecule has 1 amide bonds. The third-order valence-corrected chi connectivity index (χ3v) is 7.32. The van der Waals surface area contributed by atoms with Gasteiger partial charge >= 0.3 is 0 Å². The number of benzene rings is 2. The van der Waals surface area contributed by atoms with Crippen molar-refractivity contribution in [1.82, 2.24) is 15.2 Å². The van der Waals surface area contributed by atoms with Crippen LogP contribution in [0.4, 0.5) is 0 Å². The Morgan fingerprint density at radius 1 is 0.897 bits per heavy atom. The molecule has 0 bridgehead atoms. The molecule has 1 aromatic heterocycles. The van der Waals surface area contributed by atoms with Gasteiger partial charge in [-0.2, -0.15) is 0 Å². The van der Waals surface area contributed by atoms with Gasteiger partial charge in [0, 0.05) is 36.3 Å². The summed E-state index contributed by atoms with van der Waals surface area (Å²) in [5, 5.41) is 3.09. The zero-order valence-corrected chi connectivity index (χ0v) is 23.6. The molecule has 3 aromatic rings. The standard InChI is InChI=1S/C31H39N3O5/c1-21-6-10-26(31(35)32-15-12-22-7-11-27(37-3)29(18-22)39-5)30(33-21)23-13-16-34(17-14-23)20-24-8-9-25(36-2)19-28(24)38-4/h6-11,18-19,23H,12-17,20H2,1-5H3,(H,32,35). The van der Waals surface area contributed by atoms with E-state index in [1.807, 2.05) is 49.4 Å². The molecule has 0 radical (unpaired) electrons. The number of likely N-dealkylation sites (tertiary alicyclic amines) is 1. The molecule has 0 aliphatic carbocycles. The molecule has 4 rings (SSSR count). The number of rotatable bonds is 11. The highest BCUT2D eigenvalue weighted by Crippen LogP contribution is 2.32. The zero-order chi connectivity index (χ0) is 27.8. The normalized spacial score (nSPS) is 14.1. The average molecular weight is 534 g/mol. The van der Waals surface area contributed by atoms with E-state index in [0.717, 1.165) is 66.5 Å². The first-order valence-corrected chi connectivity index (χ1v) is 13.4. The van der Waals surface area contributed by atoms with Gasteiger partial charge < -0.3 is 24.3 Å². The summed E-state index contributed by atoms with van der Waals surface area (Å²) in [4.78, 5) is 20.5. The van der Waals surface area contributed by atoms with E-state index in [1.54, 1.807) is 28.4 Å². The molecule has 8 heteroatoms. The third kappa shape index (κ3) is 7.00. The number of ether oxygens (including phenoxy) is 4. The summed E-state index contributed by atoms with van der Waals surface area (Å²) < 4.78 is 21.6. The molecule has 0 spiro atoms. The fourth-order valence-electron chi connectivity index (χ4n) is 5.12. The van der Waals surface area contributed by atoms with Crippen LogP contribution in [0.15, 0.2) is 48.5 Å². The van der Waals surface area contributed by atoms with Crippen molar-refractivity contribution in [2.45, 2.75) is 38.6 Å². The maximum atomic E-state index is 13.2. The van der Waals surface area contributed by atoms with E-state index in [1.165, 1.54) is 0 Å². The van der Waals surface area contributed by atoms with E-state index in [2.05, 4.69) is 16.3 Å². The lowest BCUT2D eigenvalue weighted by atomic mass is 9.89. The molecule has 0 unspecified atom stereocenters. The maximum Gasteiger partial charge on any atom is 0.253 e. The maximum absolute atomic E-state index is 13.2. The second-order valence-electron chi connectivity index (χ2n) is 9.81. The summed E-state index contributed by atoms with van der Waals surface area (Å²) in [5.74, 6) is 3.16. The summed E-state index contributed by atoms with van der Waals surface area (Å²) >= 11 is 0. The Kier molecular flexibility index (Phi) is 9.65. The Labute approximate surface area is 231 Å². The largest absolute Gasteiger partial charge is 0.497 e. The Bertz CT molecular complexity index is 1270. The fraction of sp³-hybridized carbons (Fsp3) is 0.419. The van der Waals surface area contributed by atoms with E-state index in [0.29, 0.717) is 30.0 Å². The first-order chi connectivity index (χ1) is 18.9. The van der Waals surface area contributed by atoms with Crippen molar-refractivity contribution in [3.63, 3.8) is 0 Å². The van der Waals surface area contributed by atoms with Crippen LogP contribution in [0.5, 0.6) is 23.0 Å². The zero-order valence-electron chi connectivity index (χ0n) is 23.6. The Morgan fingerprint density at radius 3 is 2.33 bits per heavy atom. The van der Waals surface area contributed by atoms with Gasteiger partial charge in [-0.3, -0.25) is 14.7 Å². The van der Waals surface area contributed by atoms with Crippen molar-refractivity contribution in [3.8, 4) is 23.0 Å². The van der Waals surface area contributed by atoms with Crippen molar-refractivity contribution in [2.75, 3.05) is 48.1 Å². The SMILES string of the molecule is COc1ccc(CN2CCC(c3nc(C)ccc3C(=O)NCCc3ccc(OC)c(OC)c3)CC2)c(OC)c1. The molecule has 1 saturated heterocycles. The number of nitrogens with zero attached hydrogens (tertiary/aromatic N) is 2. The number of aromatic nitrogens is 1. The van der Waals surface area contributed by atoms with Crippen LogP contribution >= 0.6 is 0 Å². The van der Waals surface area contributed by atoms with Gasteiger partial charge in [0.15, 0.2) is 11.5 Å². The predicted octanol–water partition coefficient (Wildman–Crippen LogP) is 4.78. The lowest BCUT2D eigenvalue weighted by molar-refractivity contribution is 0.0951. The van der Waals surface area contributed by atoms with Crippen LogP contribution in [-0.2, 0) is 13.0 Å². The number of methoxy groups -OCH3 is 4. The van der Waals surface area contributed by atoms with Crippen molar-refractivity contribution >= 4 is 5.91 Å². The first kappa shape index (κ1) is 28.2. The summed E-state index contributed by atoms with van der Waals surface area (Å²) in [6.07, 6.45) is 2.58. The minimum absolute atomic E-state index is 0.0802. The van der Waals surface area contributed by atoms with Crippen molar-refractivity contribution in [2.24, 2.45) is 0 Å². The lowest BCUT2D eigenvalue weighted by Crippen LogP contribution is -2.34. The van der Waals surface area contributed by atoms with Crippen LogP contribution in [0, 0.1) is 6.92 Å². The lowest BCUT2D eigenvalue weighted by Gasteiger charge is -2.32. The van der Waals surface area contributed by atoms with Gasteiger partial charge in [0.2, 0.25) is 0 Å². The van der Waals surface area contributed by atoms with Crippen molar-refractivity contribution in [1.29, 1.82) is 0 Å². The quantitative estimate of drug-likeness (QED) is 0.380. The number of carbonyl (C=O) groups is 1. The summed E-state index contributed by atoms with van der Waals surface area (Å²) in [6.45, 7) is 5.16. The smallest absolute Gasteiger partial charge is 0.253 e. The first-order valence-electron chi connectivity index (χ1n) is 13.4. The van der Waals surface area contributed by atoms with Gasteiger partial charge in [0.1, 0.15) is 11.5 Å². The van der Waals surface area contributed by atoms with Crippen LogP contribution in [0.2, 0.25) is 0 Å². The van der Waals surface area contributed by atoms with Crippen molar-refractivity contribution in [3.05, 3.63) is 76.6 Å². The highest BCUT2D eigenvalue weighted by Gasteiger charge is 2.26. The molecule has 208 valence electrons. The monoisotopic (exact) mass is 533 g/mol. The Hall–Kier alpha value is -3.78. The van der Waals surface area contributed by atoms with Crippen molar-refractivity contribution < 1.29 is 23.7 Å².